The highest BCUT2D eigenvalue weighted by Gasteiger charge is 2.33. The molecule has 1 N–H and O–H groups in total. The Morgan fingerprint density at radius 1 is 1.00 bits per heavy atom. The summed E-state index contributed by atoms with van der Waals surface area (Å²) in [5.41, 5.74) is -0.646. The Kier molecular flexibility index (Phi) is 6.55. The summed E-state index contributed by atoms with van der Waals surface area (Å²) in [4.78, 5) is 31.2. The zero-order chi connectivity index (χ0) is 23.6. The molecule has 172 valence electrons. The summed E-state index contributed by atoms with van der Waals surface area (Å²) in [6, 6.07) is 3.55. The van der Waals surface area contributed by atoms with Crippen molar-refractivity contribution in [3.05, 3.63) is 49.7 Å². The SMILES string of the molecule is CCNc1nc(C)cc(N2CCN(S(=O)(=O)c3cc([N+](=O)[O-])c(C)c([N+](=O)[O-])c3)CC2)n1. The van der Waals surface area contributed by atoms with E-state index in [0.717, 1.165) is 17.8 Å². The maximum Gasteiger partial charge on any atom is 0.280 e. The summed E-state index contributed by atoms with van der Waals surface area (Å²) >= 11 is 0. The maximum atomic E-state index is 13.1. The second-order valence-corrected chi connectivity index (χ2v) is 9.15. The lowest BCUT2D eigenvalue weighted by atomic mass is 10.1. The highest BCUT2D eigenvalue weighted by molar-refractivity contribution is 7.89. The smallest absolute Gasteiger partial charge is 0.280 e. The molecule has 1 aromatic heterocycles. The third-order valence-corrected chi connectivity index (χ3v) is 6.97. The van der Waals surface area contributed by atoms with Crippen LogP contribution in [0.15, 0.2) is 23.1 Å². The van der Waals surface area contributed by atoms with Crippen LogP contribution in [0.4, 0.5) is 23.1 Å². The maximum absolute atomic E-state index is 13.1. The van der Waals surface area contributed by atoms with Gasteiger partial charge in [-0.2, -0.15) is 9.29 Å². The third-order valence-electron chi connectivity index (χ3n) is 5.10. The number of benzene rings is 1. The molecule has 13 nitrogen and oxygen atoms in total. The van der Waals surface area contributed by atoms with Gasteiger partial charge in [0.2, 0.25) is 16.0 Å². The molecular weight excluding hydrogens is 442 g/mol. The summed E-state index contributed by atoms with van der Waals surface area (Å²) in [7, 11) is -4.17. The Morgan fingerprint density at radius 2 is 1.56 bits per heavy atom. The fourth-order valence-electron chi connectivity index (χ4n) is 3.44. The van der Waals surface area contributed by atoms with E-state index in [0.29, 0.717) is 31.4 Å². The molecule has 0 saturated carbocycles. The first kappa shape index (κ1) is 23.3. The van der Waals surface area contributed by atoms with Gasteiger partial charge in [-0.25, -0.2) is 13.4 Å². The van der Waals surface area contributed by atoms with Crippen LogP contribution in [0.3, 0.4) is 0 Å². The number of hydrogen-bond donors (Lipinski definition) is 1. The second-order valence-electron chi connectivity index (χ2n) is 7.21. The van der Waals surface area contributed by atoms with E-state index in [-0.39, 0.29) is 18.7 Å². The minimum atomic E-state index is -4.17. The first-order chi connectivity index (χ1) is 15.0. The number of hydrogen-bond acceptors (Lipinski definition) is 10. The first-order valence-electron chi connectivity index (χ1n) is 9.82. The van der Waals surface area contributed by atoms with Gasteiger partial charge in [-0.05, 0) is 20.8 Å². The van der Waals surface area contributed by atoms with Crippen molar-refractivity contribution < 1.29 is 18.3 Å². The Hall–Kier alpha value is -3.39. The van der Waals surface area contributed by atoms with Crippen LogP contribution < -0.4 is 10.2 Å². The molecule has 0 unspecified atom stereocenters. The van der Waals surface area contributed by atoms with Gasteiger partial charge in [0.05, 0.1) is 14.7 Å². The number of nitrogens with zero attached hydrogens (tertiary/aromatic N) is 6. The van der Waals surface area contributed by atoms with E-state index in [9.17, 15) is 28.6 Å². The number of piperazine rings is 1. The molecule has 14 heteroatoms. The highest BCUT2D eigenvalue weighted by atomic mass is 32.2. The van der Waals surface area contributed by atoms with Gasteiger partial charge in [0, 0.05) is 56.6 Å². The van der Waals surface area contributed by atoms with Gasteiger partial charge in [0.25, 0.3) is 11.4 Å². The molecular formula is C18H23N7O6S. The molecule has 0 radical (unpaired) electrons. The van der Waals surface area contributed by atoms with Crippen LogP contribution in [-0.2, 0) is 10.0 Å². The van der Waals surface area contributed by atoms with Crippen molar-refractivity contribution in [2.75, 3.05) is 42.9 Å². The van der Waals surface area contributed by atoms with Gasteiger partial charge in [0.15, 0.2) is 0 Å². The standard InChI is InChI=1S/C18H23N7O6S/c1-4-19-18-20-12(2)9-17(21-18)22-5-7-23(8-6-22)32(30,31)14-10-15(24(26)27)13(3)16(11-14)25(28)29/h9-11H,4-8H2,1-3H3,(H,19,20,21). The minimum Gasteiger partial charge on any atom is -0.354 e. The molecule has 32 heavy (non-hydrogen) atoms. The summed E-state index contributed by atoms with van der Waals surface area (Å²) in [5.74, 6) is 1.14. The second kappa shape index (κ2) is 9.00. The number of nitro benzene ring substituents is 2. The predicted octanol–water partition coefficient (Wildman–Crippen LogP) is 1.85. The van der Waals surface area contributed by atoms with Crippen LogP contribution >= 0.6 is 0 Å². The average molecular weight is 465 g/mol. The lowest BCUT2D eigenvalue weighted by Gasteiger charge is -2.34. The zero-order valence-corrected chi connectivity index (χ0v) is 18.6. The molecule has 2 aromatic rings. The van der Waals surface area contributed by atoms with Gasteiger partial charge >= 0.3 is 0 Å². The van der Waals surface area contributed by atoms with Gasteiger partial charge in [0.1, 0.15) is 11.4 Å². The van der Waals surface area contributed by atoms with E-state index in [4.69, 9.17) is 0 Å². The van der Waals surface area contributed by atoms with Crippen LogP contribution in [0.1, 0.15) is 18.2 Å². The number of nitro groups is 2. The van der Waals surface area contributed by atoms with E-state index >= 15 is 0 Å². The average Bonchev–Trinajstić information content (AvgIpc) is 2.73. The molecule has 1 aromatic carbocycles. The Morgan fingerprint density at radius 3 is 2.06 bits per heavy atom. The summed E-state index contributed by atoms with van der Waals surface area (Å²) < 4.78 is 27.4. The minimum absolute atomic E-state index is 0.0946. The number of aryl methyl sites for hydroxylation is 1. The van der Waals surface area contributed by atoms with Crippen LogP contribution in [0.25, 0.3) is 0 Å². The normalized spacial score (nSPS) is 14.9. The van der Waals surface area contributed by atoms with Crippen molar-refractivity contribution in [3.63, 3.8) is 0 Å². The van der Waals surface area contributed by atoms with E-state index in [1.807, 2.05) is 18.7 Å². The fraction of sp³-hybridized carbons (Fsp3) is 0.444. The Bertz CT molecular complexity index is 1130. The number of nitrogens with one attached hydrogen (secondary N) is 1. The molecule has 0 atom stereocenters. The molecule has 2 heterocycles. The third kappa shape index (κ3) is 4.60. The molecule has 1 saturated heterocycles. The van der Waals surface area contributed by atoms with Crippen LogP contribution in [0.5, 0.6) is 0 Å². The van der Waals surface area contributed by atoms with Gasteiger partial charge in [-0.15, -0.1) is 0 Å². The summed E-state index contributed by atoms with van der Waals surface area (Å²) in [5, 5.41) is 25.7. The van der Waals surface area contributed by atoms with Crippen LogP contribution in [0, 0.1) is 34.1 Å². The van der Waals surface area contributed by atoms with Crippen molar-refractivity contribution in [2.24, 2.45) is 0 Å². The first-order valence-corrected chi connectivity index (χ1v) is 11.3. The van der Waals surface area contributed by atoms with Crippen molar-refractivity contribution in [1.82, 2.24) is 14.3 Å². The van der Waals surface area contributed by atoms with Crippen LogP contribution in [-0.4, -0.2) is 65.3 Å². The highest BCUT2D eigenvalue weighted by Crippen LogP contribution is 2.33. The molecule has 0 amide bonds. The van der Waals surface area contributed by atoms with E-state index in [1.165, 1.54) is 11.2 Å². The van der Waals surface area contributed by atoms with Crippen molar-refractivity contribution >= 4 is 33.2 Å². The van der Waals surface area contributed by atoms with Crippen LogP contribution in [0.2, 0.25) is 0 Å². The number of anilines is 2. The fourth-order valence-corrected chi connectivity index (χ4v) is 4.91. The zero-order valence-electron chi connectivity index (χ0n) is 17.8. The number of aromatic nitrogens is 2. The van der Waals surface area contributed by atoms with E-state index in [1.54, 1.807) is 6.07 Å². The molecule has 1 fully saturated rings. The van der Waals surface area contributed by atoms with Gasteiger partial charge in [-0.1, -0.05) is 0 Å². The number of rotatable bonds is 7. The summed E-state index contributed by atoms with van der Waals surface area (Å²) in [6.07, 6.45) is 0. The molecule has 0 aliphatic carbocycles. The quantitative estimate of drug-likeness (QED) is 0.471. The van der Waals surface area contributed by atoms with Crippen molar-refractivity contribution in [3.8, 4) is 0 Å². The molecule has 1 aliphatic heterocycles. The molecule has 3 rings (SSSR count). The largest absolute Gasteiger partial charge is 0.354 e. The van der Waals surface area contributed by atoms with E-state index in [2.05, 4.69) is 15.3 Å². The summed E-state index contributed by atoms with van der Waals surface area (Å²) in [6.45, 7) is 6.49. The lowest BCUT2D eigenvalue weighted by molar-refractivity contribution is -0.395. The monoisotopic (exact) mass is 465 g/mol. The van der Waals surface area contributed by atoms with Gasteiger partial charge < -0.3 is 10.2 Å². The van der Waals surface area contributed by atoms with Crippen molar-refractivity contribution in [1.29, 1.82) is 0 Å². The van der Waals surface area contributed by atoms with Gasteiger partial charge in [-0.3, -0.25) is 20.2 Å². The van der Waals surface area contributed by atoms with Crippen molar-refractivity contribution in [2.45, 2.75) is 25.7 Å². The lowest BCUT2D eigenvalue weighted by Crippen LogP contribution is -2.49. The Balaban J connectivity index is 1.85. The van der Waals surface area contributed by atoms with E-state index < -0.39 is 36.1 Å². The molecule has 1 aliphatic rings. The topological polar surface area (TPSA) is 165 Å². The molecule has 0 spiro atoms. The Labute approximate surface area is 184 Å². The molecule has 0 bridgehead atoms. The number of sulfonamides is 1. The predicted molar refractivity (Wildman–Crippen MR) is 116 cm³/mol.